The van der Waals surface area contributed by atoms with Crippen LogP contribution in [0.1, 0.15) is 49.2 Å². The number of carbonyl (C=O) groups is 1. The van der Waals surface area contributed by atoms with Crippen molar-refractivity contribution in [3.63, 3.8) is 0 Å². The second kappa shape index (κ2) is 13.0. The van der Waals surface area contributed by atoms with Crippen LogP contribution in [0.15, 0.2) is 65.1 Å². The maximum absolute atomic E-state index is 13.2. The molecule has 0 atom stereocenters. The SMILES string of the molecule is O=C(CSc1nnc(Cc2csc(Nc3ccc(F)cc3)n2)n1CCc1ccccc1)OC1CCCCC1. The van der Waals surface area contributed by atoms with Crippen molar-refractivity contribution in [2.24, 2.45) is 0 Å². The minimum atomic E-state index is -0.277. The van der Waals surface area contributed by atoms with Gasteiger partial charge in [0.15, 0.2) is 10.3 Å². The van der Waals surface area contributed by atoms with Crippen molar-refractivity contribution in [1.29, 1.82) is 0 Å². The van der Waals surface area contributed by atoms with Crippen LogP contribution in [0.4, 0.5) is 15.2 Å². The lowest BCUT2D eigenvalue weighted by atomic mass is 9.98. The van der Waals surface area contributed by atoms with Crippen molar-refractivity contribution in [3.8, 4) is 0 Å². The summed E-state index contributed by atoms with van der Waals surface area (Å²) in [7, 11) is 0. The van der Waals surface area contributed by atoms with E-state index in [2.05, 4.69) is 37.2 Å². The maximum atomic E-state index is 13.2. The van der Waals surface area contributed by atoms with Crippen molar-refractivity contribution in [3.05, 3.63) is 82.9 Å². The van der Waals surface area contributed by atoms with Crippen LogP contribution in [0.5, 0.6) is 0 Å². The first-order chi connectivity index (χ1) is 18.6. The molecular formula is C28H30FN5O2S2. The molecule has 2 heterocycles. The van der Waals surface area contributed by atoms with E-state index in [0.29, 0.717) is 18.1 Å². The van der Waals surface area contributed by atoms with Gasteiger partial charge in [-0.05, 0) is 61.9 Å². The zero-order valence-electron chi connectivity index (χ0n) is 21.0. The zero-order valence-corrected chi connectivity index (χ0v) is 22.6. The molecule has 5 rings (SSSR count). The smallest absolute Gasteiger partial charge is 0.316 e. The Balaban J connectivity index is 1.26. The highest BCUT2D eigenvalue weighted by Gasteiger charge is 2.20. The molecule has 0 saturated heterocycles. The second-order valence-electron chi connectivity index (χ2n) is 9.28. The van der Waals surface area contributed by atoms with E-state index in [1.54, 1.807) is 12.1 Å². The number of aromatic nitrogens is 4. The fourth-order valence-electron chi connectivity index (χ4n) is 4.46. The number of hydrogen-bond donors (Lipinski definition) is 1. The molecule has 1 saturated carbocycles. The number of thiazole rings is 1. The molecule has 38 heavy (non-hydrogen) atoms. The number of benzene rings is 2. The van der Waals surface area contributed by atoms with Gasteiger partial charge in [-0.2, -0.15) is 0 Å². The van der Waals surface area contributed by atoms with Gasteiger partial charge in [-0.1, -0.05) is 48.5 Å². The molecule has 4 aromatic rings. The number of carbonyl (C=O) groups excluding carboxylic acids is 1. The Hall–Kier alpha value is -3.24. The molecule has 0 radical (unpaired) electrons. The predicted octanol–water partition coefficient (Wildman–Crippen LogP) is 6.42. The third-order valence-electron chi connectivity index (χ3n) is 6.42. The molecule has 2 aromatic carbocycles. The zero-order chi connectivity index (χ0) is 26.2. The summed E-state index contributed by atoms with van der Waals surface area (Å²) in [5, 5.41) is 15.5. The van der Waals surface area contributed by atoms with E-state index in [1.165, 1.54) is 47.2 Å². The third kappa shape index (κ3) is 7.41. The first kappa shape index (κ1) is 26.4. The lowest BCUT2D eigenvalue weighted by Gasteiger charge is -2.21. The van der Waals surface area contributed by atoms with Crippen LogP contribution in [-0.2, 0) is 28.9 Å². The highest BCUT2D eigenvalue weighted by molar-refractivity contribution is 7.99. The summed E-state index contributed by atoms with van der Waals surface area (Å²) in [5.41, 5.74) is 2.86. The molecular weight excluding hydrogens is 521 g/mol. The minimum Gasteiger partial charge on any atom is -0.462 e. The third-order valence-corrected chi connectivity index (χ3v) is 8.16. The van der Waals surface area contributed by atoms with Crippen molar-refractivity contribution >= 4 is 39.9 Å². The standard InChI is InChI=1S/C28H30FN5O2S2/c29-21-11-13-22(14-12-21)30-27-31-23(18-37-27)17-25-32-33-28(34(25)16-15-20-7-3-1-4-8-20)38-19-26(35)36-24-9-5-2-6-10-24/h1,3-4,7-8,11-14,18,24H,2,5-6,9-10,15-17,19H2,(H,30,31). The number of thioether (sulfide) groups is 1. The molecule has 2 aromatic heterocycles. The van der Waals surface area contributed by atoms with E-state index >= 15 is 0 Å². The van der Waals surface area contributed by atoms with Gasteiger partial charge in [-0.15, -0.1) is 21.5 Å². The first-order valence-corrected chi connectivity index (χ1v) is 14.7. The molecule has 1 aliphatic carbocycles. The van der Waals surface area contributed by atoms with Gasteiger partial charge >= 0.3 is 5.97 Å². The van der Waals surface area contributed by atoms with E-state index in [9.17, 15) is 9.18 Å². The Morgan fingerprint density at radius 1 is 1.08 bits per heavy atom. The second-order valence-corrected chi connectivity index (χ2v) is 11.1. The Labute approximate surface area is 229 Å². The lowest BCUT2D eigenvalue weighted by Crippen LogP contribution is -2.22. The summed E-state index contributed by atoms with van der Waals surface area (Å²) < 4.78 is 21.0. The van der Waals surface area contributed by atoms with Crippen LogP contribution in [0, 0.1) is 5.82 Å². The van der Waals surface area contributed by atoms with Crippen LogP contribution in [-0.4, -0.2) is 37.6 Å². The molecule has 0 bridgehead atoms. The summed E-state index contributed by atoms with van der Waals surface area (Å²) in [4.78, 5) is 17.2. The number of rotatable bonds is 11. The Morgan fingerprint density at radius 3 is 2.66 bits per heavy atom. The summed E-state index contributed by atoms with van der Waals surface area (Å²) in [5.74, 6) is 0.531. The van der Waals surface area contributed by atoms with Crippen molar-refractivity contribution < 1.29 is 13.9 Å². The van der Waals surface area contributed by atoms with Crippen LogP contribution in [0.3, 0.4) is 0 Å². The van der Waals surface area contributed by atoms with Gasteiger partial charge in [-0.25, -0.2) is 9.37 Å². The number of esters is 1. The Morgan fingerprint density at radius 2 is 1.87 bits per heavy atom. The number of halogens is 1. The molecule has 7 nitrogen and oxygen atoms in total. The molecule has 0 aliphatic heterocycles. The Bertz CT molecular complexity index is 1320. The predicted molar refractivity (Wildman–Crippen MR) is 148 cm³/mol. The van der Waals surface area contributed by atoms with E-state index < -0.39 is 0 Å². The van der Waals surface area contributed by atoms with Gasteiger partial charge < -0.3 is 14.6 Å². The number of nitrogens with zero attached hydrogens (tertiary/aromatic N) is 4. The van der Waals surface area contributed by atoms with E-state index in [-0.39, 0.29) is 23.6 Å². The van der Waals surface area contributed by atoms with Crippen molar-refractivity contribution in [2.75, 3.05) is 11.1 Å². The van der Waals surface area contributed by atoms with E-state index in [0.717, 1.165) is 54.4 Å². The van der Waals surface area contributed by atoms with Crippen molar-refractivity contribution in [2.45, 2.75) is 62.8 Å². The largest absolute Gasteiger partial charge is 0.462 e. The quantitative estimate of drug-likeness (QED) is 0.170. The van der Waals surface area contributed by atoms with Gasteiger partial charge in [0.25, 0.3) is 0 Å². The van der Waals surface area contributed by atoms with Crippen LogP contribution >= 0.6 is 23.1 Å². The summed E-state index contributed by atoms with van der Waals surface area (Å²) in [6.07, 6.45) is 6.76. The molecule has 1 aliphatic rings. The van der Waals surface area contributed by atoms with Gasteiger partial charge in [0.1, 0.15) is 17.7 Å². The molecule has 0 unspecified atom stereocenters. The van der Waals surface area contributed by atoms with Gasteiger partial charge in [0, 0.05) is 17.6 Å². The van der Waals surface area contributed by atoms with Gasteiger partial charge in [-0.3, -0.25) is 4.79 Å². The molecule has 1 fully saturated rings. The monoisotopic (exact) mass is 551 g/mol. The lowest BCUT2D eigenvalue weighted by molar-refractivity contribution is -0.147. The Kier molecular flexibility index (Phi) is 9.03. The van der Waals surface area contributed by atoms with Crippen LogP contribution in [0.25, 0.3) is 0 Å². The van der Waals surface area contributed by atoms with Gasteiger partial charge in [0.2, 0.25) is 0 Å². The topological polar surface area (TPSA) is 81.9 Å². The molecule has 10 heteroatoms. The maximum Gasteiger partial charge on any atom is 0.316 e. The highest BCUT2D eigenvalue weighted by Crippen LogP contribution is 2.25. The average molecular weight is 552 g/mol. The molecule has 0 spiro atoms. The van der Waals surface area contributed by atoms with Crippen LogP contribution in [0.2, 0.25) is 0 Å². The molecule has 198 valence electrons. The number of hydrogen-bond acceptors (Lipinski definition) is 8. The summed E-state index contributed by atoms with van der Waals surface area (Å²) in [6, 6.07) is 16.5. The summed E-state index contributed by atoms with van der Waals surface area (Å²) >= 11 is 2.85. The number of nitrogens with one attached hydrogen (secondary N) is 1. The number of ether oxygens (including phenoxy) is 1. The van der Waals surface area contributed by atoms with Crippen LogP contribution < -0.4 is 5.32 Å². The van der Waals surface area contributed by atoms with E-state index in [1.807, 2.05) is 23.6 Å². The van der Waals surface area contributed by atoms with Gasteiger partial charge in [0.05, 0.1) is 17.9 Å². The van der Waals surface area contributed by atoms with Crippen molar-refractivity contribution in [1.82, 2.24) is 19.7 Å². The highest BCUT2D eigenvalue weighted by atomic mass is 32.2. The fraction of sp³-hybridized carbons (Fsp3) is 0.357. The normalized spacial score (nSPS) is 13.9. The fourth-order valence-corrected chi connectivity index (χ4v) is 5.95. The molecule has 1 N–H and O–H groups in total. The minimum absolute atomic E-state index is 0.0470. The number of aryl methyl sites for hydroxylation is 1. The average Bonchev–Trinajstić information content (AvgIpc) is 3.55. The van der Waals surface area contributed by atoms with E-state index in [4.69, 9.17) is 4.74 Å². The number of anilines is 2. The first-order valence-electron chi connectivity index (χ1n) is 12.9. The summed E-state index contributed by atoms with van der Waals surface area (Å²) in [6.45, 7) is 0.692. The molecule has 0 amide bonds.